The summed E-state index contributed by atoms with van der Waals surface area (Å²) in [6.45, 7) is 0. The molecule has 82 valence electrons. The summed E-state index contributed by atoms with van der Waals surface area (Å²) in [7, 11) is 0. The van der Waals surface area contributed by atoms with Crippen LogP contribution in [0.1, 0.15) is 15.9 Å². The topological polar surface area (TPSA) is 63.0 Å². The number of hydrogen-bond acceptors (Lipinski definition) is 4. The molecular formula is C13H8N2O2. The Kier molecular flexibility index (Phi) is 3.13. The van der Waals surface area contributed by atoms with E-state index >= 15 is 0 Å². The molecule has 17 heavy (non-hydrogen) atoms. The van der Waals surface area contributed by atoms with Crippen LogP contribution in [-0.2, 0) is 0 Å². The molecule has 0 bridgehead atoms. The number of aromatic nitrogens is 1. The third-order valence-electron chi connectivity index (χ3n) is 2.09. The van der Waals surface area contributed by atoms with Crippen molar-refractivity contribution in [2.45, 2.75) is 0 Å². The highest BCUT2D eigenvalue weighted by Gasteiger charge is 2.11. The van der Waals surface area contributed by atoms with Crippen molar-refractivity contribution < 1.29 is 9.53 Å². The van der Waals surface area contributed by atoms with Crippen molar-refractivity contribution in [2.24, 2.45) is 0 Å². The summed E-state index contributed by atoms with van der Waals surface area (Å²) in [6, 6.07) is 13.6. The van der Waals surface area contributed by atoms with E-state index in [-0.39, 0.29) is 11.4 Å². The van der Waals surface area contributed by atoms with Crippen LogP contribution >= 0.6 is 0 Å². The number of nitrogens with zero attached hydrogens (tertiary/aromatic N) is 2. The number of esters is 1. The first kappa shape index (κ1) is 10.8. The maximum Gasteiger partial charge on any atom is 0.344 e. The van der Waals surface area contributed by atoms with Crippen LogP contribution in [0.25, 0.3) is 0 Å². The summed E-state index contributed by atoms with van der Waals surface area (Å²) in [5, 5.41) is 8.82. The first-order valence-corrected chi connectivity index (χ1v) is 4.93. The van der Waals surface area contributed by atoms with Crippen molar-refractivity contribution in [3.8, 4) is 11.9 Å². The summed E-state index contributed by atoms with van der Waals surface area (Å²) < 4.78 is 5.05. The normalized spacial score (nSPS) is 9.35. The third kappa shape index (κ3) is 2.47. The molecule has 0 aliphatic carbocycles. The van der Waals surface area contributed by atoms with E-state index < -0.39 is 5.97 Å². The Morgan fingerprint density at radius 1 is 1.18 bits per heavy atom. The van der Waals surface area contributed by atoms with Gasteiger partial charge in [-0.15, -0.1) is 0 Å². The first-order valence-electron chi connectivity index (χ1n) is 4.93. The van der Waals surface area contributed by atoms with Gasteiger partial charge in [0.25, 0.3) is 0 Å². The van der Waals surface area contributed by atoms with Gasteiger partial charge in [-0.2, -0.15) is 5.26 Å². The lowest BCUT2D eigenvalue weighted by Crippen LogP contribution is -2.10. The quantitative estimate of drug-likeness (QED) is 0.733. The third-order valence-corrected chi connectivity index (χ3v) is 2.09. The number of pyridine rings is 1. The summed E-state index contributed by atoms with van der Waals surface area (Å²) in [4.78, 5) is 15.6. The smallest absolute Gasteiger partial charge is 0.344 e. The maximum absolute atomic E-state index is 11.7. The summed E-state index contributed by atoms with van der Waals surface area (Å²) >= 11 is 0. The molecule has 0 unspecified atom stereocenters. The zero-order valence-corrected chi connectivity index (χ0v) is 8.83. The van der Waals surface area contributed by atoms with Crippen LogP contribution in [0.3, 0.4) is 0 Å². The minimum absolute atomic E-state index is 0.0313. The van der Waals surface area contributed by atoms with E-state index in [1.54, 1.807) is 42.5 Å². The fourth-order valence-electron chi connectivity index (χ4n) is 1.28. The minimum Gasteiger partial charge on any atom is -0.402 e. The van der Waals surface area contributed by atoms with Gasteiger partial charge in [0.2, 0.25) is 5.88 Å². The lowest BCUT2D eigenvalue weighted by Gasteiger charge is -2.03. The van der Waals surface area contributed by atoms with Crippen molar-refractivity contribution >= 4 is 5.97 Å². The lowest BCUT2D eigenvalue weighted by atomic mass is 10.2. The van der Waals surface area contributed by atoms with Gasteiger partial charge in [0.05, 0.1) is 5.56 Å². The van der Waals surface area contributed by atoms with Gasteiger partial charge in [0.1, 0.15) is 11.6 Å². The largest absolute Gasteiger partial charge is 0.402 e. The molecule has 0 aliphatic rings. The van der Waals surface area contributed by atoms with Gasteiger partial charge in [-0.1, -0.05) is 18.2 Å². The van der Waals surface area contributed by atoms with Crippen LogP contribution in [0.15, 0.2) is 48.7 Å². The Bertz CT molecular complexity index is 573. The first-order chi connectivity index (χ1) is 8.31. The van der Waals surface area contributed by atoms with Gasteiger partial charge >= 0.3 is 5.97 Å². The second-order valence-corrected chi connectivity index (χ2v) is 3.22. The zero-order chi connectivity index (χ0) is 12.1. The summed E-state index contributed by atoms with van der Waals surface area (Å²) in [5.41, 5.74) is 0.652. The molecule has 0 N–H and O–H groups in total. The lowest BCUT2D eigenvalue weighted by molar-refractivity contribution is 0.0727. The molecule has 0 radical (unpaired) electrons. The second-order valence-electron chi connectivity index (χ2n) is 3.22. The molecule has 4 heteroatoms. The molecule has 0 amide bonds. The Labute approximate surface area is 98.1 Å². The van der Waals surface area contributed by atoms with Gasteiger partial charge in [0, 0.05) is 6.20 Å². The van der Waals surface area contributed by atoms with E-state index in [9.17, 15) is 4.79 Å². The number of hydrogen-bond donors (Lipinski definition) is 0. The van der Waals surface area contributed by atoms with E-state index in [1.807, 2.05) is 6.07 Å². The van der Waals surface area contributed by atoms with Crippen LogP contribution < -0.4 is 4.74 Å². The molecular weight excluding hydrogens is 216 g/mol. The van der Waals surface area contributed by atoms with E-state index in [2.05, 4.69) is 4.98 Å². The van der Waals surface area contributed by atoms with Crippen molar-refractivity contribution in [3.05, 3.63) is 59.8 Å². The van der Waals surface area contributed by atoms with Crippen LogP contribution in [0, 0.1) is 11.3 Å². The SMILES string of the molecule is N#Cc1cccnc1OC(=O)c1ccccc1. The molecule has 2 aromatic rings. The average molecular weight is 224 g/mol. The number of carbonyl (C=O) groups is 1. The van der Waals surface area contributed by atoms with Crippen LogP contribution in [0.4, 0.5) is 0 Å². The Hall–Kier alpha value is -2.67. The highest BCUT2D eigenvalue weighted by Crippen LogP contribution is 2.14. The molecule has 0 fully saturated rings. The van der Waals surface area contributed by atoms with E-state index in [0.717, 1.165) is 0 Å². The Morgan fingerprint density at radius 2 is 1.94 bits per heavy atom. The van der Waals surface area contributed by atoms with Crippen molar-refractivity contribution in [1.82, 2.24) is 4.98 Å². The number of benzene rings is 1. The number of rotatable bonds is 2. The molecule has 0 aliphatic heterocycles. The molecule has 1 heterocycles. The minimum atomic E-state index is -0.527. The van der Waals surface area contributed by atoms with Crippen molar-refractivity contribution in [1.29, 1.82) is 5.26 Å². The van der Waals surface area contributed by atoms with Crippen molar-refractivity contribution in [2.75, 3.05) is 0 Å². The summed E-state index contributed by atoms with van der Waals surface area (Å²) in [6.07, 6.45) is 1.47. The molecule has 0 spiro atoms. The highest BCUT2D eigenvalue weighted by molar-refractivity contribution is 5.90. The second kappa shape index (κ2) is 4.90. The predicted octanol–water partition coefficient (Wildman–Crippen LogP) is 2.17. The fourth-order valence-corrected chi connectivity index (χ4v) is 1.28. The van der Waals surface area contributed by atoms with Gasteiger partial charge in [-0.25, -0.2) is 9.78 Å². The van der Waals surface area contributed by atoms with Crippen LogP contribution in [0.5, 0.6) is 5.88 Å². The Morgan fingerprint density at radius 3 is 2.65 bits per heavy atom. The predicted molar refractivity (Wildman–Crippen MR) is 60.4 cm³/mol. The fraction of sp³-hybridized carbons (Fsp3) is 0. The number of nitriles is 1. The molecule has 1 aromatic heterocycles. The standard InChI is InChI=1S/C13H8N2O2/c14-9-11-7-4-8-15-12(11)17-13(16)10-5-2-1-3-6-10/h1-8H. The van der Waals surface area contributed by atoms with E-state index in [0.29, 0.717) is 5.56 Å². The number of ether oxygens (including phenoxy) is 1. The van der Waals surface area contributed by atoms with Gasteiger partial charge in [0.15, 0.2) is 0 Å². The van der Waals surface area contributed by atoms with Gasteiger partial charge in [-0.05, 0) is 24.3 Å². The van der Waals surface area contributed by atoms with Crippen LogP contribution in [-0.4, -0.2) is 11.0 Å². The summed E-state index contributed by atoms with van der Waals surface area (Å²) in [5.74, 6) is -0.496. The Balaban J connectivity index is 2.23. The monoisotopic (exact) mass is 224 g/mol. The molecule has 0 saturated heterocycles. The van der Waals surface area contributed by atoms with Crippen LogP contribution in [0.2, 0.25) is 0 Å². The molecule has 0 atom stereocenters. The zero-order valence-electron chi connectivity index (χ0n) is 8.83. The average Bonchev–Trinajstić information content (AvgIpc) is 2.40. The van der Waals surface area contributed by atoms with Gasteiger partial charge in [-0.3, -0.25) is 0 Å². The van der Waals surface area contributed by atoms with Crippen molar-refractivity contribution in [3.63, 3.8) is 0 Å². The number of carbonyl (C=O) groups excluding carboxylic acids is 1. The highest BCUT2D eigenvalue weighted by atomic mass is 16.5. The molecule has 4 nitrogen and oxygen atoms in total. The van der Waals surface area contributed by atoms with Gasteiger partial charge < -0.3 is 4.74 Å². The maximum atomic E-state index is 11.7. The molecule has 1 aromatic carbocycles. The van der Waals surface area contributed by atoms with E-state index in [1.165, 1.54) is 6.20 Å². The van der Waals surface area contributed by atoms with E-state index in [4.69, 9.17) is 10.00 Å². The molecule has 0 saturated carbocycles. The molecule has 2 rings (SSSR count).